The number of amides is 1. The highest BCUT2D eigenvalue weighted by atomic mass is 16.5. The van der Waals surface area contributed by atoms with Crippen molar-refractivity contribution in [2.45, 2.75) is 6.92 Å². The molecular formula is C19H25N5O2. The zero-order valence-electron chi connectivity index (χ0n) is 15.1. The molecule has 26 heavy (non-hydrogen) atoms. The van der Waals surface area contributed by atoms with E-state index >= 15 is 0 Å². The maximum Gasteiger partial charge on any atom is 0.261 e. The van der Waals surface area contributed by atoms with Gasteiger partial charge in [0, 0.05) is 50.8 Å². The number of nitrogens with zero attached hydrogens (tertiary/aromatic N) is 4. The van der Waals surface area contributed by atoms with Gasteiger partial charge in [-0.05, 0) is 19.1 Å². The zero-order valence-corrected chi connectivity index (χ0v) is 15.1. The second kappa shape index (κ2) is 9.26. The zero-order chi connectivity index (χ0) is 18.2. The Labute approximate surface area is 154 Å². The monoisotopic (exact) mass is 355 g/mol. The third-order valence-electron chi connectivity index (χ3n) is 4.34. The van der Waals surface area contributed by atoms with Crippen LogP contribution >= 0.6 is 0 Å². The molecule has 7 heteroatoms. The number of para-hydroxylation sites is 1. The van der Waals surface area contributed by atoms with E-state index in [9.17, 15) is 4.79 Å². The molecule has 0 spiro atoms. The van der Waals surface area contributed by atoms with Crippen molar-refractivity contribution in [2.75, 3.05) is 56.2 Å². The van der Waals surface area contributed by atoms with E-state index in [2.05, 4.69) is 20.2 Å². The summed E-state index contributed by atoms with van der Waals surface area (Å²) in [4.78, 5) is 25.3. The van der Waals surface area contributed by atoms with Crippen LogP contribution in [-0.4, -0.2) is 66.7 Å². The van der Waals surface area contributed by atoms with Crippen LogP contribution in [0.15, 0.2) is 42.7 Å². The Balaban J connectivity index is 1.55. The number of carbonyl (C=O) groups excluding carboxylic acids is 1. The Hall–Kier alpha value is -2.51. The van der Waals surface area contributed by atoms with Crippen molar-refractivity contribution in [1.29, 1.82) is 0 Å². The second-order valence-corrected chi connectivity index (χ2v) is 6.06. The lowest BCUT2D eigenvalue weighted by atomic mass is 10.2. The molecule has 2 aromatic rings. The average molecular weight is 355 g/mol. The molecule has 0 aliphatic carbocycles. The second-order valence-electron chi connectivity index (χ2n) is 6.06. The third-order valence-corrected chi connectivity index (χ3v) is 4.34. The van der Waals surface area contributed by atoms with Crippen LogP contribution < -0.4 is 10.2 Å². The van der Waals surface area contributed by atoms with E-state index < -0.39 is 0 Å². The summed E-state index contributed by atoms with van der Waals surface area (Å²) in [7, 11) is 0. The van der Waals surface area contributed by atoms with Gasteiger partial charge in [-0.3, -0.25) is 9.69 Å². The standard InChI is InChI=1S/C19H25N5O2/c1-2-24(17-6-4-3-5-7-17)18(25)16-14-21-19(22-15-16)20-8-9-23-10-12-26-13-11-23/h3-7,14-15H,2,8-13H2,1H3,(H,20,21,22). The van der Waals surface area contributed by atoms with Crippen LogP contribution in [0.5, 0.6) is 0 Å². The summed E-state index contributed by atoms with van der Waals surface area (Å²) < 4.78 is 5.34. The number of nitrogens with one attached hydrogen (secondary N) is 1. The normalized spacial score (nSPS) is 14.8. The fraction of sp³-hybridized carbons (Fsp3) is 0.421. The number of ether oxygens (including phenoxy) is 1. The van der Waals surface area contributed by atoms with Crippen LogP contribution in [0, 0.1) is 0 Å². The van der Waals surface area contributed by atoms with Gasteiger partial charge in [-0.15, -0.1) is 0 Å². The lowest BCUT2D eigenvalue weighted by Gasteiger charge is -2.26. The van der Waals surface area contributed by atoms with Crippen LogP contribution in [0.3, 0.4) is 0 Å². The predicted octanol–water partition coefficient (Wildman–Crippen LogP) is 1.89. The number of carbonyl (C=O) groups is 1. The van der Waals surface area contributed by atoms with Crippen LogP contribution in [0.25, 0.3) is 0 Å². The quantitative estimate of drug-likeness (QED) is 0.818. The van der Waals surface area contributed by atoms with Crippen molar-refractivity contribution in [1.82, 2.24) is 14.9 Å². The summed E-state index contributed by atoms with van der Waals surface area (Å²) in [5.41, 5.74) is 1.35. The molecule has 0 bridgehead atoms. The lowest BCUT2D eigenvalue weighted by Crippen LogP contribution is -2.39. The summed E-state index contributed by atoms with van der Waals surface area (Å²) in [6.07, 6.45) is 3.16. The minimum Gasteiger partial charge on any atom is -0.379 e. The van der Waals surface area contributed by atoms with E-state index in [1.807, 2.05) is 37.3 Å². The van der Waals surface area contributed by atoms with Gasteiger partial charge in [-0.2, -0.15) is 0 Å². The molecule has 1 saturated heterocycles. The molecule has 1 N–H and O–H groups in total. The summed E-state index contributed by atoms with van der Waals surface area (Å²) in [6.45, 7) is 7.73. The van der Waals surface area contributed by atoms with Gasteiger partial charge in [0.1, 0.15) is 0 Å². The van der Waals surface area contributed by atoms with Gasteiger partial charge in [0.05, 0.1) is 18.8 Å². The smallest absolute Gasteiger partial charge is 0.261 e. The van der Waals surface area contributed by atoms with Gasteiger partial charge in [0.25, 0.3) is 5.91 Å². The van der Waals surface area contributed by atoms with Crippen LogP contribution in [0.4, 0.5) is 11.6 Å². The molecule has 1 aliphatic rings. The van der Waals surface area contributed by atoms with Gasteiger partial charge < -0.3 is 15.0 Å². The minimum absolute atomic E-state index is 0.0985. The lowest BCUT2D eigenvalue weighted by molar-refractivity contribution is 0.0398. The van der Waals surface area contributed by atoms with Crippen molar-refractivity contribution >= 4 is 17.5 Å². The summed E-state index contributed by atoms with van der Waals surface area (Å²) in [5, 5.41) is 3.20. The molecule has 0 saturated carbocycles. The van der Waals surface area contributed by atoms with Crippen molar-refractivity contribution in [3.63, 3.8) is 0 Å². The van der Waals surface area contributed by atoms with Crippen molar-refractivity contribution < 1.29 is 9.53 Å². The highest BCUT2D eigenvalue weighted by Gasteiger charge is 2.17. The number of anilines is 2. The molecular weight excluding hydrogens is 330 g/mol. The molecule has 0 atom stereocenters. The van der Waals surface area contributed by atoms with E-state index in [4.69, 9.17) is 4.74 Å². The maximum atomic E-state index is 12.7. The van der Waals surface area contributed by atoms with Gasteiger partial charge in [-0.25, -0.2) is 9.97 Å². The Morgan fingerprint density at radius 2 is 1.88 bits per heavy atom. The summed E-state index contributed by atoms with van der Waals surface area (Å²) in [5.74, 6) is 0.441. The molecule has 0 radical (unpaired) electrons. The fourth-order valence-electron chi connectivity index (χ4n) is 2.89. The first-order valence-corrected chi connectivity index (χ1v) is 9.01. The van der Waals surface area contributed by atoms with E-state index in [-0.39, 0.29) is 5.91 Å². The first-order valence-electron chi connectivity index (χ1n) is 9.01. The highest BCUT2D eigenvalue weighted by Crippen LogP contribution is 2.16. The van der Waals surface area contributed by atoms with E-state index in [0.29, 0.717) is 18.1 Å². The molecule has 138 valence electrons. The fourth-order valence-corrected chi connectivity index (χ4v) is 2.89. The highest BCUT2D eigenvalue weighted by molar-refractivity contribution is 6.05. The predicted molar refractivity (Wildman–Crippen MR) is 102 cm³/mol. The Kier molecular flexibility index (Phi) is 6.51. The SMILES string of the molecule is CCN(C(=O)c1cnc(NCCN2CCOCC2)nc1)c1ccccc1. The largest absolute Gasteiger partial charge is 0.379 e. The molecule has 2 heterocycles. The number of aromatic nitrogens is 2. The van der Waals surface area contributed by atoms with Crippen molar-refractivity contribution in [3.05, 3.63) is 48.3 Å². The van der Waals surface area contributed by atoms with Gasteiger partial charge >= 0.3 is 0 Å². The molecule has 0 unspecified atom stereocenters. The molecule has 1 aliphatic heterocycles. The Bertz CT molecular complexity index is 687. The summed E-state index contributed by atoms with van der Waals surface area (Å²) in [6, 6.07) is 9.61. The Morgan fingerprint density at radius 1 is 1.19 bits per heavy atom. The summed E-state index contributed by atoms with van der Waals surface area (Å²) >= 11 is 0. The maximum absolute atomic E-state index is 12.7. The van der Waals surface area contributed by atoms with E-state index in [1.54, 1.807) is 17.3 Å². The molecule has 3 rings (SSSR count). The molecule has 1 amide bonds. The van der Waals surface area contributed by atoms with Crippen LogP contribution in [0.1, 0.15) is 17.3 Å². The average Bonchev–Trinajstić information content (AvgIpc) is 2.71. The topological polar surface area (TPSA) is 70.6 Å². The van der Waals surface area contributed by atoms with Crippen LogP contribution in [-0.2, 0) is 4.74 Å². The van der Waals surface area contributed by atoms with Crippen molar-refractivity contribution in [3.8, 4) is 0 Å². The number of rotatable bonds is 7. The third kappa shape index (κ3) is 4.77. The number of hydrogen-bond acceptors (Lipinski definition) is 6. The first kappa shape index (κ1) is 18.3. The minimum atomic E-state index is -0.0985. The number of benzene rings is 1. The van der Waals surface area contributed by atoms with Gasteiger partial charge in [0.2, 0.25) is 5.95 Å². The number of morpholine rings is 1. The van der Waals surface area contributed by atoms with E-state index in [0.717, 1.165) is 45.1 Å². The van der Waals surface area contributed by atoms with Crippen LogP contribution in [0.2, 0.25) is 0 Å². The molecule has 7 nitrogen and oxygen atoms in total. The number of hydrogen-bond donors (Lipinski definition) is 1. The Morgan fingerprint density at radius 3 is 2.54 bits per heavy atom. The molecule has 1 aromatic heterocycles. The van der Waals surface area contributed by atoms with Crippen molar-refractivity contribution in [2.24, 2.45) is 0 Å². The van der Waals surface area contributed by atoms with Gasteiger partial charge in [-0.1, -0.05) is 18.2 Å². The molecule has 1 aromatic carbocycles. The molecule has 1 fully saturated rings. The first-order chi connectivity index (χ1) is 12.8. The van der Waals surface area contributed by atoms with E-state index in [1.165, 1.54) is 0 Å². The van der Waals surface area contributed by atoms with Gasteiger partial charge in [0.15, 0.2) is 0 Å².